The summed E-state index contributed by atoms with van der Waals surface area (Å²) in [5, 5.41) is 33.3. The van der Waals surface area contributed by atoms with E-state index < -0.39 is 35.3 Å². The lowest BCUT2D eigenvalue weighted by Crippen LogP contribution is -2.40. The Bertz CT molecular complexity index is 1960. The highest BCUT2D eigenvalue weighted by atomic mass is 16.6. The molecule has 16 heteroatoms. The number of imidazole rings is 2. The second-order valence-electron chi connectivity index (χ2n) is 15.7. The van der Waals surface area contributed by atoms with Crippen LogP contribution in [0.2, 0.25) is 0 Å². The number of alkyl carbamates (subject to hydrolysis) is 2. The van der Waals surface area contributed by atoms with Gasteiger partial charge in [0.2, 0.25) is 11.6 Å². The number of benzene rings is 2. The molecule has 0 fully saturated rings. The van der Waals surface area contributed by atoms with Crippen LogP contribution in [0.4, 0.5) is 9.59 Å². The van der Waals surface area contributed by atoms with E-state index in [0.29, 0.717) is 43.7 Å². The number of carbonyl (C=O) groups is 4. The number of rotatable bonds is 15. The number of carboxylic acids is 1. The maximum Gasteiger partial charge on any atom is 0.407 e. The Labute approximate surface area is 339 Å². The van der Waals surface area contributed by atoms with E-state index in [0.717, 1.165) is 22.3 Å². The number of nitrogens with zero attached hydrogens (tertiary/aromatic N) is 4. The van der Waals surface area contributed by atoms with Gasteiger partial charge in [-0.05, 0) is 85.3 Å². The minimum Gasteiger partial charge on any atom is -0.475 e. The first-order chi connectivity index (χ1) is 27.2. The molecule has 58 heavy (non-hydrogen) atoms. The van der Waals surface area contributed by atoms with Crippen molar-refractivity contribution in [1.29, 1.82) is 0 Å². The highest BCUT2D eigenvalue weighted by molar-refractivity contribution is 5.86. The molecule has 2 aromatic heterocycles. The summed E-state index contributed by atoms with van der Waals surface area (Å²) in [6.45, 7) is 12.7. The van der Waals surface area contributed by atoms with Gasteiger partial charge in [-0.25, -0.2) is 29.1 Å². The van der Waals surface area contributed by atoms with Gasteiger partial charge in [-0.2, -0.15) is 0 Å². The Hall–Kier alpha value is -5.74. The Morgan fingerprint density at radius 3 is 1.38 bits per heavy atom. The number of aromatic carboxylic acids is 1. The van der Waals surface area contributed by atoms with Gasteiger partial charge in [-0.1, -0.05) is 48.5 Å². The van der Waals surface area contributed by atoms with Crippen LogP contribution >= 0.6 is 0 Å². The number of aryl methyl sites for hydroxylation is 2. The predicted octanol–water partition coefficient (Wildman–Crippen LogP) is 5.69. The molecule has 316 valence electrons. The molecular formula is C42H58N6O10. The van der Waals surface area contributed by atoms with Crippen molar-refractivity contribution >= 4 is 24.1 Å². The second kappa shape index (κ2) is 21.1. The number of carboxylic acid groups (broad SMARTS) is 1. The summed E-state index contributed by atoms with van der Waals surface area (Å²) in [6, 6.07) is 14.7. The first kappa shape index (κ1) is 46.6. The van der Waals surface area contributed by atoms with Crippen molar-refractivity contribution in [2.45, 2.75) is 97.4 Å². The van der Waals surface area contributed by atoms with Crippen LogP contribution in [-0.2, 0) is 41.1 Å². The van der Waals surface area contributed by atoms with Crippen molar-refractivity contribution in [3.63, 3.8) is 0 Å². The van der Waals surface area contributed by atoms with Crippen LogP contribution in [0.5, 0.6) is 0 Å². The standard InChI is InChI=1S/C22H31N3O5.C20H27N3O5/c1-6-29-20(27)19-24-18(14-25(19)5)16-9-7-15(8-10-16)13-17(11-12-26)23-21(28)30-22(2,3)4;1-20(2,3)28-19(27)21-15(9-10-24)11-13-5-7-14(8-6-13)16-12-23(4)17(22-16)18(25)26/h7-10,14,17,26H,6,11-13H2,1-5H3,(H,23,28);5-8,12,15,24H,9-11H2,1-4H3,(H,21,27)(H,25,26)/t17-;15-/m11/s1. The topological polar surface area (TPSA) is 216 Å². The third-order valence-electron chi connectivity index (χ3n) is 8.26. The fraction of sp³-hybridized carbons (Fsp3) is 0.476. The summed E-state index contributed by atoms with van der Waals surface area (Å²) in [4.78, 5) is 55.6. The lowest BCUT2D eigenvalue weighted by atomic mass is 10.0. The summed E-state index contributed by atoms with van der Waals surface area (Å²) in [5.74, 6) is -1.31. The van der Waals surface area contributed by atoms with Crippen LogP contribution in [0, 0.1) is 0 Å². The van der Waals surface area contributed by atoms with Gasteiger partial charge in [-0.15, -0.1) is 0 Å². The molecule has 2 aromatic carbocycles. The Morgan fingerprint density at radius 2 is 1.05 bits per heavy atom. The van der Waals surface area contributed by atoms with E-state index in [1.807, 2.05) is 48.5 Å². The molecule has 0 saturated carbocycles. The van der Waals surface area contributed by atoms with E-state index in [1.165, 1.54) is 4.57 Å². The summed E-state index contributed by atoms with van der Waals surface area (Å²) in [6.07, 6.45) is 4.33. The summed E-state index contributed by atoms with van der Waals surface area (Å²) in [5.41, 5.74) is 3.70. The minimum absolute atomic E-state index is 0.0244. The fourth-order valence-electron chi connectivity index (χ4n) is 5.70. The van der Waals surface area contributed by atoms with Gasteiger partial charge in [-0.3, -0.25) is 0 Å². The Kier molecular flexibility index (Phi) is 17.0. The quantitative estimate of drug-likeness (QED) is 0.0724. The van der Waals surface area contributed by atoms with Crippen LogP contribution < -0.4 is 10.6 Å². The summed E-state index contributed by atoms with van der Waals surface area (Å²) >= 11 is 0. The molecular weight excluding hydrogens is 748 g/mol. The molecule has 0 spiro atoms. The number of nitrogens with one attached hydrogen (secondary N) is 2. The van der Waals surface area contributed by atoms with Crippen molar-refractivity contribution in [3.05, 3.63) is 83.7 Å². The van der Waals surface area contributed by atoms with Crippen molar-refractivity contribution in [2.75, 3.05) is 19.8 Å². The molecule has 0 bridgehead atoms. The first-order valence-corrected chi connectivity index (χ1v) is 19.1. The third-order valence-corrected chi connectivity index (χ3v) is 8.26. The van der Waals surface area contributed by atoms with E-state index >= 15 is 0 Å². The molecule has 0 unspecified atom stereocenters. The minimum atomic E-state index is -1.08. The van der Waals surface area contributed by atoms with Gasteiger partial charge in [0.25, 0.3) is 0 Å². The van der Waals surface area contributed by atoms with Gasteiger partial charge < -0.3 is 49.3 Å². The normalized spacial score (nSPS) is 12.4. The monoisotopic (exact) mass is 806 g/mol. The van der Waals surface area contributed by atoms with Crippen LogP contribution in [-0.4, -0.2) is 102 Å². The Morgan fingerprint density at radius 1 is 0.672 bits per heavy atom. The Balaban J connectivity index is 0.000000311. The number of aromatic nitrogens is 4. The smallest absolute Gasteiger partial charge is 0.407 e. The maximum absolute atomic E-state index is 12.0. The zero-order valence-corrected chi connectivity index (χ0v) is 34.9. The first-order valence-electron chi connectivity index (χ1n) is 19.1. The molecule has 4 aromatic rings. The molecule has 0 aliphatic rings. The lowest BCUT2D eigenvalue weighted by molar-refractivity contribution is 0.0484. The van der Waals surface area contributed by atoms with Crippen LogP contribution in [0.3, 0.4) is 0 Å². The van der Waals surface area contributed by atoms with Gasteiger partial charge in [0, 0.05) is 62.9 Å². The van der Waals surface area contributed by atoms with E-state index in [4.69, 9.17) is 19.3 Å². The van der Waals surface area contributed by atoms with Gasteiger partial charge in [0.15, 0.2) is 0 Å². The van der Waals surface area contributed by atoms with E-state index in [2.05, 4.69) is 20.6 Å². The highest BCUT2D eigenvalue weighted by Crippen LogP contribution is 2.22. The number of aliphatic hydroxyl groups excluding tert-OH is 2. The molecule has 4 rings (SSSR count). The number of carbonyl (C=O) groups excluding carboxylic acids is 3. The number of aliphatic hydroxyl groups is 2. The molecule has 0 radical (unpaired) electrons. The van der Waals surface area contributed by atoms with Crippen molar-refractivity contribution in [2.24, 2.45) is 14.1 Å². The summed E-state index contributed by atoms with van der Waals surface area (Å²) in [7, 11) is 3.38. The summed E-state index contributed by atoms with van der Waals surface area (Å²) < 4.78 is 18.7. The van der Waals surface area contributed by atoms with E-state index in [1.54, 1.807) is 79.5 Å². The van der Waals surface area contributed by atoms with Gasteiger partial charge in [0.1, 0.15) is 11.2 Å². The largest absolute Gasteiger partial charge is 0.475 e. The third kappa shape index (κ3) is 15.3. The zero-order chi connectivity index (χ0) is 43.2. The van der Waals surface area contributed by atoms with E-state index in [9.17, 15) is 29.4 Å². The SMILES string of the molecule is CCOC(=O)c1nc(-c2ccc(C[C@@H](CCO)NC(=O)OC(C)(C)C)cc2)cn1C.Cn1cc(-c2ccc(C[C@@H](CCO)NC(=O)OC(C)(C)C)cc2)nc1C(=O)O. The van der Waals surface area contributed by atoms with Gasteiger partial charge >= 0.3 is 24.1 Å². The fourth-order valence-corrected chi connectivity index (χ4v) is 5.70. The lowest BCUT2D eigenvalue weighted by Gasteiger charge is -2.23. The molecule has 16 nitrogen and oxygen atoms in total. The molecule has 0 aliphatic carbocycles. The molecule has 2 heterocycles. The van der Waals surface area contributed by atoms with Crippen LogP contribution in [0.25, 0.3) is 22.5 Å². The predicted molar refractivity (Wildman–Crippen MR) is 217 cm³/mol. The molecule has 0 saturated heterocycles. The van der Waals surface area contributed by atoms with Crippen LogP contribution in [0.15, 0.2) is 60.9 Å². The number of ether oxygens (including phenoxy) is 3. The average molecular weight is 807 g/mol. The van der Waals surface area contributed by atoms with Crippen LogP contribution in [0.1, 0.15) is 93.7 Å². The molecule has 0 aliphatic heterocycles. The molecule has 2 atom stereocenters. The number of amides is 2. The average Bonchev–Trinajstić information content (AvgIpc) is 3.70. The van der Waals surface area contributed by atoms with Crippen molar-refractivity contribution in [3.8, 4) is 22.5 Å². The van der Waals surface area contributed by atoms with E-state index in [-0.39, 0.29) is 36.9 Å². The number of hydrogen-bond donors (Lipinski definition) is 5. The van der Waals surface area contributed by atoms with Crippen molar-refractivity contribution < 1.29 is 48.7 Å². The zero-order valence-electron chi connectivity index (χ0n) is 34.9. The van der Waals surface area contributed by atoms with Gasteiger partial charge in [0.05, 0.1) is 18.0 Å². The number of hydrogen-bond acceptors (Lipinski definition) is 11. The molecule has 2 amide bonds. The number of esters is 1. The molecule has 5 N–H and O–H groups in total. The van der Waals surface area contributed by atoms with Crippen molar-refractivity contribution in [1.82, 2.24) is 29.7 Å². The second-order valence-corrected chi connectivity index (χ2v) is 15.7. The highest BCUT2D eigenvalue weighted by Gasteiger charge is 2.22. The maximum atomic E-state index is 12.0.